The van der Waals surface area contributed by atoms with Crippen LogP contribution in [0.4, 0.5) is 0 Å². The Bertz CT molecular complexity index is 899. The summed E-state index contributed by atoms with van der Waals surface area (Å²) in [5.74, 6) is 1.30. The molecule has 0 saturated carbocycles. The van der Waals surface area contributed by atoms with E-state index in [-0.39, 0.29) is 13.3 Å². The maximum Gasteiger partial charge on any atom is 0.309 e. The molecule has 0 saturated heterocycles. The van der Waals surface area contributed by atoms with Crippen molar-refractivity contribution in [2.75, 3.05) is 26.6 Å². The van der Waals surface area contributed by atoms with E-state index in [4.69, 9.17) is 18.9 Å². The molecule has 1 heterocycles. The van der Waals surface area contributed by atoms with Gasteiger partial charge in [0.05, 0.1) is 13.2 Å². The number of nitrogens with one attached hydrogen (secondary N) is 2. The normalized spacial score (nSPS) is 11.7. The predicted octanol–water partition coefficient (Wildman–Crippen LogP) is 2.19. The van der Waals surface area contributed by atoms with Gasteiger partial charge < -0.3 is 29.6 Å². The monoisotopic (exact) mass is 414 g/mol. The van der Waals surface area contributed by atoms with Crippen LogP contribution in [-0.2, 0) is 22.6 Å². The molecule has 2 aromatic rings. The molecule has 0 unspecified atom stereocenters. The third-order valence-electron chi connectivity index (χ3n) is 4.40. The van der Waals surface area contributed by atoms with Gasteiger partial charge in [-0.05, 0) is 55.7 Å². The molecule has 2 N–H and O–H groups in total. The number of hydrogen-bond acceptors (Lipinski definition) is 6. The van der Waals surface area contributed by atoms with E-state index in [0.29, 0.717) is 49.2 Å². The smallest absolute Gasteiger partial charge is 0.309 e. The largest absolute Gasteiger partial charge is 0.490 e. The molecule has 8 heteroatoms. The number of fused-ring (bicyclic) bond motifs is 1. The van der Waals surface area contributed by atoms with Crippen LogP contribution in [0.15, 0.2) is 36.4 Å². The van der Waals surface area contributed by atoms with Crippen LogP contribution in [-0.4, -0.2) is 38.4 Å². The van der Waals surface area contributed by atoms with Gasteiger partial charge in [0.2, 0.25) is 6.79 Å². The van der Waals surface area contributed by atoms with Crippen LogP contribution in [0.25, 0.3) is 0 Å². The highest BCUT2D eigenvalue weighted by Crippen LogP contribution is 2.32. The lowest BCUT2D eigenvalue weighted by molar-refractivity contribution is -0.139. The minimum atomic E-state index is -0.686. The van der Waals surface area contributed by atoms with Gasteiger partial charge in [0.15, 0.2) is 23.0 Å². The lowest BCUT2D eigenvalue weighted by Crippen LogP contribution is -2.40. The Balaban J connectivity index is 1.44. The van der Waals surface area contributed by atoms with Crippen LogP contribution in [0.2, 0.25) is 0 Å². The van der Waals surface area contributed by atoms with Gasteiger partial charge in [-0.3, -0.25) is 9.59 Å². The van der Waals surface area contributed by atoms with Crippen LogP contribution in [0.3, 0.4) is 0 Å². The summed E-state index contributed by atoms with van der Waals surface area (Å²) in [6.07, 6.45) is 0.563. The minimum absolute atomic E-state index is 0.188. The van der Waals surface area contributed by atoms with Gasteiger partial charge >= 0.3 is 11.8 Å². The zero-order chi connectivity index (χ0) is 21.3. The van der Waals surface area contributed by atoms with Crippen molar-refractivity contribution in [2.24, 2.45) is 0 Å². The molecule has 2 aromatic carbocycles. The second kappa shape index (κ2) is 10.4. The third kappa shape index (κ3) is 5.56. The highest BCUT2D eigenvalue weighted by Gasteiger charge is 2.16. The first-order chi connectivity index (χ1) is 14.6. The van der Waals surface area contributed by atoms with E-state index in [1.807, 2.05) is 38.1 Å². The van der Waals surface area contributed by atoms with Crippen molar-refractivity contribution in [1.82, 2.24) is 10.6 Å². The zero-order valence-electron chi connectivity index (χ0n) is 17.2. The Hall–Kier alpha value is -3.42. The second-order valence-electron chi connectivity index (χ2n) is 6.52. The Kier molecular flexibility index (Phi) is 7.37. The number of ether oxygens (including phenoxy) is 4. The summed E-state index contributed by atoms with van der Waals surface area (Å²) in [7, 11) is 0. The molecule has 0 bridgehead atoms. The van der Waals surface area contributed by atoms with E-state index in [1.54, 1.807) is 12.1 Å². The molecule has 0 aromatic heterocycles. The van der Waals surface area contributed by atoms with E-state index >= 15 is 0 Å². The van der Waals surface area contributed by atoms with Gasteiger partial charge in [-0.2, -0.15) is 0 Å². The lowest BCUT2D eigenvalue weighted by atomic mass is 10.1. The molecule has 0 aliphatic carbocycles. The van der Waals surface area contributed by atoms with Crippen LogP contribution in [0.1, 0.15) is 25.0 Å². The zero-order valence-corrected chi connectivity index (χ0v) is 17.2. The minimum Gasteiger partial charge on any atom is -0.490 e. The van der Waals surface area contributed by atoms with Crippen molar-refractivity contribution < 1.29 is 28.5 Å². The average Bonchev–Trinajstić information content (AvgIpc) is 3.22. The number of carbonyl (C=O) groups is 2. The third-order valence-corrected chi connectivity index (χ3v) is 4.40. The fraction of sp³-hybridized carbons (Fsp3) is 0.364. The van der Waals surface area contributed by atoms with Gasteiger partial charge in [0, 0.05) is 13.1 Å². The molecule has 160 valence electrons. The van der Waals surface area contributed by atoms with Gasteiger partial charge in [-0.15, -0.1) is 0 Å². The number of benzene rings is 2. The number of amides is 2. The quantitative estimate of drug-likeness (QED) is 0.611. The molecule has 30 heavy (non-hydrogen) atoms. The highest BCUT2D eigenvalue weighted by molar-refractivity contribution is 6.35. The van der Waals surface area contributed by atoms with Crippen molar-refractivity contribution >= 4 is 11.8 Å². The maximum absolute atomic E-state index is 12.0. The molecular weight excluding hydrogens is 388 g/mol. The predicted molar refractivity (Wildman–Crippen MR) is 110 cm³/mol. The lowest BCUT2D eigenvalue weighted by Gasteiger charge is -2.12. The Labute approximate surface area is 175 Å². The molecule has 1 aliphatic heterocycles. The first-order valence-corrected chi connectivity index (χ1v) is 9.93. The first kappa shape index (κ1) is 21.3. The summed E-state index contributed by atoms with van der Waals surface area (Å²) in [5.41, 5.74) is 1.79. The topological polar surface area (TPSA) is 95.1 Å². The Morgan fingerprint density at radius 3 is 2.37 bits per heavy atom. The van der Waals surface area contributed by atoms with Crippen molar-refractivity contribution in [3.63, 3.8) is 0 Å². The summed E-state index contributed by atoms with van der Waals surface area (Å²) in [5, 5.41) is 5.23. The van der Waals surface area contributed by atoms with Crippen LogP contribution in [0, 0.1) is 0 Å². The SMILES string of the molecule is CCOc1ccc(CCNC(=O)C(=O)NCc2ccc3c(c2)OCO3)cc1OCC. The highest BCUT2D eigenvalue weighted by atomic mass is 16.7. The fourth-order valence-electron chi connectivity index (χ4n) is 2.97. The van der Waals surface area contributed by atoms with Gasteiger partial charge in [0.1, 0.15) is 0 Å². The van der Waals surface area contributed by atoms with E-state index in [1.165, 1.54) is 0 Å². The van der Waals surface area contributed by atoms with Crippen LogP contribution >= 0.6 is 0 Å². The molecule has 8 nitrogen and oxygen atoms in total. The van der Waals surface area contributed by atoms with Crippen molar-refractivity contribution in [1.29, 1.82) is 0 Å². The molecule has 0 spiro atoms. The summed E-state index contributed by atoms with van der Waals surface area (Å²) < 4.78 is 21.7. The van der Waals surface area contributed by atoms with E-state index in [0.717, 1.165) is 11.1 Å². The van der Waals surface area contributed by atoms with Crippen LogP contribution < -0.4 is 29.6 Å². The molecule has 2 amide bonds. The summed E-state index contributed by atoms with van der Waals surface area (Å²) in [4.78, 5) is 24.1. The number of carbonyl (C=O) groups excluding carboxylic acids is 2. The van der Waals surface area contributed by atoms with Crippen molar-refractivity contribution in [3.8, 4) is 23.0 Å². The molecule has 0 fully saturated rings. The van der Waals surface area contributed by atoms with Crippen LogP contribution in [0.5, 0.6) is 23.0 Å². The van der Waals surface area contributed by atoms with Crippen molar-refractivity contribution in [3.05, 3.63) is 47.5 Å². The number of rotatable bonds is 9. The van der Waals surface area contributed by atoms with E-state index in [9.17, 15) is 9.59 Å². The Morgan fingerprint density at radius 2 is 1.57 bits per heavy atom. The molecule has 0 atom stereocenters. The average molecular weight is 414 g/mol. The summed E-state index contributed by atoms with van der Waals surface area (Å²) in [6.45, 7) is 5.64. The fourth-order valence-corrected chi connectivity index (χ4v) is 2.97. The first-order valence-electron chi connectivity index (χ1n) is 9.93. The summed E-state index contributed by atoms with van der Waals surface area (Å²) in [6, 6.07) is 11.0. The second-order valence-corrected chi connectivity index (χ2v) is 6.52. The Morgan fingerprint density at radius 1 is 0.867 bits per heavy atom. The van der Waals surface area contributed by atoms with E-state index < -0.39 is 11.8 Å². The van der Waals surface area contributed by atoms with Crippen molar-refractivity contribution in [2.45, 2.75) is 26.8 Å². The van der Waals surface area contributed by atoms with E-state index in [2.05, 4.69) is 10.6 Å². The summed E-state index contributed by atoms with van der Waals surface area (Å²) >= 11 is 0. The van der Waals surface area contributed by atoms with Gasteiger partial charge in [-0.25, -0.2) is 0 Å². The molecular formula is C22H26N2O6. The van der Waals surface area contributed by atoms with Gasteiger partial charge in [0.25, 0.3) is 0 Å². The molecule has 3 rings (SSSR count). The van der Waals surface area contributed by atoms with Gasteiger partial charge in [-0.1, -0.05) is 12.1 Å². The standard InChI is InChI=1S/C22H26N2O6/c1-3-27-17-7-5-15(11-19(17)28-4-2)9-10-23-21(25)22(26)24-13-16-6-8-18-20(12-16)30-14-29-18/h5-8,11-12H,3-4,9-10,13-14H2,1-2H3,(H,23,25)(H,24,26). The maximum atomic E-state index is 12.0. The molecule has 1 aliphatic rings. The molecule has 0 radical (unpaired) electrons. The number of hydrogen-bond donors (Lipinski definition) is 2.